The zero-order valence-corrected chi connectivity index (χ0v) is 11.7. The van der Waals surface area contributed by atoms with E-state index < -0.39 is 0 Å². The summed E-state index contributed by atoms with van der Waals surface area (Å²) in [6.07, 6.45) is 4.26. The molecule has 0 bridgehead atoms. The fourth-order valence-corrected chi connectivity index (χ4v) is 3.37. The third-order valence-corrected chi connectivity index (χ3v) is 4.40. The van der Waals surface area contributed by atoms with Crippen molar-refractivity contribution in [2.45, 2.75) is 25.7 Å². The van der Waals surface area contributed by atoms with E-state index in [-0.39, 0.29) is 5.82 Å². The van der Waals surface area contributed by atoms with Crippen LogP contribution in [-0.4, -0.2) is 4.98 Å². The lowest BCUT2D eigenvalue weighted by Crippen LogP contribution is -1.88. The first-order valence-corrected chi connectivity index (χ1v) is 7.50. The molecule has 0 radical (unpaired) electrons. The molecule has 1 aliphatic rings. The molecule has 0 unspecified atom stereocenters. The molecule has 1 saturated carbocycles. The first kappa shape index (κ1) is 13.0. The lowest BCUT2D eigenvalue weighted by Gasteiger charge is -2.00. The second-order valence-electron chi connectivity index (χ2n) is 4.82. The molecule has 1 aromatic carbocycles. The van der Waals surface area contributed by atoms with Crippen LogP contribution < -0.4 is 0 Å². The van der Waals surface area contributed by atoms with Gasteiger partial charge in [-0.2, -0.15) is 5.26 Å². The molecule has 0 atom stereocenters. The van der Waals surface area contributed by atoms with Gasteiger partial charge in [0.25, 0.3) is 0 Å². The van der Waals surface area contributed by atoms with Crippen molar-refractivity contribution in [3.05, 3.63) is 46.0 Å². The third kappa shape index (κ3) is 2.37. The molecule has 20 heavy (non-hydrogen) atoms. The SMILES string of the molecule is N#CC(=C1CCCC1)c1nc(-c2ccccc2F)cs1. The van der Waals surface area contributed by atoms with E-state index in [4.69, 9.17) is 0 Å². The standard InChI is InChI=1S/C16H13FN2S/c17-14-8-4-3-7-12(14)15-10-20-16(19-15)13(9-18)11-5-1-2-6-11/h3-4,7-8,10H,1-2,5-6H2. The Bertz CT molecular complexity index is 701. The minimum atomic E-state index is -0.281. The van der Waals surface area contributed by atoms with E-state index >= 15 is 0 Å². The van der Waals surface area contributed by atoms with Gasteiger partial charge in [0.1, 0.15) is 16.9 Å². The lowest BCUT2D eigenvalue weighted by atomic mass is 10.1. The van der Waals surface area contributed by atoms with Crippen molar-refractivity contribution in [1.82, 2.24) is 4.98 Å². The van der Waals surface area contributed by atoms with Crippen molar-refractivity contribution in [3.8, 4) is 17.3 Å². The molecule has 1 heterocycles. The van der Waals surface area contributed by atoms with Crippen LogP contribution >= 0.6 is 11.3 Å². The van der Waals surface area contributed by atoms with Crippen LogP contribution in [0.2, 0.25) is 0 Å². The smallest absolute Gasteiger partial charge is 0.134 e. The predicted molar refractivity (Wildman–Crippen MR) is 78.5 cm³/mol. The van der Waals surface area contributed by atoms with Crippen molar-refractivity contribution in [3.63, 3.8) is 0 Å². The molecule has 1 aromatic heterocycles. The van der Waals surface area contributed by atoms with Crippen LogP contribution in [-0.2, 0) is 0 Å². The molecule has 1 fully saturated rings. The summed E-state index contributed by atoms with van der Waals surface area (Å²) in [6.45, 7) is 0. The van der Waals surface area contributed by atoms with Gasteiger partial charge in [-0.05, 0) is 43.4 Å². The molecule has 0 aliphatic heterocycles. The molecular formula is C16H13FN2S. The Labute approximate surface area is 121 Å². The summed E-state index contributed by atoms with van der Waals surface area (Å²) in [4.78, 5) is 4.46. The minimum Gasteiger partial charge on any atom is -0.235 e. The van der Waals surface area contributed by atoms with Gasteiger partial charge >= 0.3 is 0 Å². The molecule has 0 N–H and O–H groups in total. The maximum Gasteiger partial charge on any atom is 0.134 e. The topological polar surface area (TPSA) is 36.7 Å². The number of halogens is 1. The van der Waals surface area contributed by atoms with Gasteiger partial charge in [-0.1, -0.05) is 12.1 Å². The number of hydrogen-bond acceptors (Lipinski definition) is 3. The number of thiazole rings is 1. The maximum atomic E-state index is 13.8. The highest BCUT2D eigenvalue weighted by molar-refractivity contribution is 7.11. The third-order valence-electron chi connectivity index (χ3n) is 3.54. The van der Waals surface area contributed by atoms with E-state index in [1.165, 1.54) is 23.0 Å². The lowest BCUT2D eigenvalue weighted by molar-refractivity contribution is 0.631. The number of aromatic nitrogens is 1. The van der Waals surface area contributed by atoms with Crippen molar-refractivity contribution in [1.29, 1.82) is 5.26 Å². The number of rotatable bonds is 2. The van der Waals surface area contributed by atoms with Crippen LogP contribution in [0.1, 0.15) is 30.7 Å². The van der Waals surface area contributed by atoms with Crippen molar-refractivity contribution in [2.24, 2.45) is 0 Å². The van der Waals surface area contributed by atoms with E-state index in [9.17, 15) is 9.65 Å². The number of allylic oxidation sites excluding steroid dienone is 2. The van der Waals surface area contributed by atoms with Crippen LogP contribution in [0.25, 0.3) is 16.8 Å². The summed E-state index contributed by atoms with van der Waals surface area (Å²) in [6, 6.07) is 8.86. The molecule has 1 aliphatic carbocycles. The Hall–Kier alpha value is -1.99. The van der Waals surface area contributed by atoms with E-state index in [0.29, 0.717) is 21.8 Å². The van der Waals surface area contributed by atoms with Gasteiger partial charge < -0.3 is 0 Å². The Kier molecular flexibility index (Phi) is 3.62. The summed E-state index contributed by atoms with van der Waals surface area (Å²) in [5.74, 6) is -0.281. The predicted octanol–water partition coefficient (Wildman–Crippen LogP) is 4.80. The summed E-state index contributed by atoms with van der Waals surface area (Å²) in [7, 11) is 0. The Balaban J connectivity index is 2.01. The molecule has 0 saturated heterocycles. The Morgan fingerprint density at radius 1 is 1.25 bits per heavy atom. The highest BCUT2D eigenvalue weighted by Crippen LogP contribution is 2.34. The molecule has 100 valence electrons. The summed E-state index contributed by atoms with van der Waals surface area (Å²) in [5.41, 5.74) is 2.98. The van der Waals surface area contributed by atoms with E-state index in [1.807, 2.05) is 5.38 Å². The average Bonchev–Trinajstić information content (AvgIpc) is 3.12. The first-order valence-electron chi connectivity index (χ1n) is 6.62. The summed E-state index contributed by atoms with van der Waals surface area (Å²) < 4.78 is 13.8. The Morgan fingerprint density at radius 2 is 2.00 bits per heavy atom. The first-order chi connectivity index (χ1) is 9.79. The van der Waals surface area contributed by atoms with Crippen LogP contribution in [0.5, 0.6) is 0 Å². The summed E-state index contributed by atoms with van der Waals surface area (Å²) >= 11 is 1.41. The largest absolute Gasteiger partial charge is 0.235 e. The number of nitriles is 1. The van der Waals surface area contributed by atoms with Crippen LogP contribution in [0.4, 0.5) is 4.39 Å². The van der Waals surface area contributed by atoms with Gasteiger partial charge in [0.15, 0.2) is 0 Å². The van der Waals surface area contributed by atoms with E-state index in [2.05, 4.69) is 11.1 Å². The van der Waals surface area contributed by atoms with Crippen molar-refractivity contribution >= 4 is 16.9 Å². The highest BCUT2D eigenvalue weighted by atomic mass is 32.1. The van der Waals surface area contributed by atoms with Crippen molar-refractivity contribution < 1.29 is 4.39 Å². The highest BCUT2D eigenvalue weighted by Gasteiger charge is 2.17. The fraction of sp³-hybridized carbons (Fsp3) is 0.250. The van der Waals surface area contributed by atoms with Gasteiger partial charge in [-0.3, -0.25) is 0 Å². The van der Waals surface area contributed by atoms with Gasteiger partial charge in [0.05, 0.1) is 11.3 Å². The zero-order chi connectivity index (χ0) is 13.9. The monoisotopic (exact) mass is 284 g/mol. The van der Waals surface area contributed by atoms with Gasteiger partial charge in [0, 0.05) is 10.9 Å². The quantitative estimate of drug-likeness (QED) is 0.743. The number of hydrogen-bond donors (Lipinski definition) is 0. The van der Waals surface area contributed by atoms with Gasteiger partial charge in [0.2, 0.25) is 0 Å². The van der Waals surface area contributed by atoms with Crippen LogP contribution in [0.15, 0.2) is 35.2 Å². The number of nitrogens with zero attached hydrogens (tertiary/aromatic N) is 2. The Morgan fingerprint density at radius 3 is 2.70 bits per heavy atom. The molecule has 0 spiro atoms. The molecule has 0 amide bonds. The number of benzene rings is 1. The van der Waals surface area contributed by atoms with Crippen molar-refractivity contribution in [2.75, 3.05) is 0 Å². The van der Waals surface area contributed by atoms with Gasteiger partial charge in [-0.25, -0.2) is 9.37 Å². The minimum absolute atomic E-state index is 0.281. The average molecular weight is 284 g/mol. The van der Waals surface area contributed by atoms with Crippen LogP contribution in [0.3, 0.4) is 0 Å². The van der Waals surface area contributed by atoms with E-state index in [0.717, 1.165) is 25.7 Å². The normalized spacial score (nSPS) is 14.3. The molecule has 3 rings (SSSR count). The molecule has 2 nitrogen and oxygen atoms in total. The van der Waals surface area contributed by atoms with E-state index in [1.54, 1.807) is 18.2 Å². The second-order valence-corrected chi connectivity index (χ2v) is 5.67. The second kappa shape index (κ2) is 5.56. The molecule has 2 aromatic rings. The molecular weight excluding hydrogens is 271 g/mol. The maximum absolute atomic E-state index is 13.8. The van der Waals surface area contributed by atoms with Crippen LogP contribution in [0, 0.1) is 17.1 Å². The zero-order valence-electron chi connectivity index (χ0n) is 10.9. The fourth-order valence-electron chi connectivity index (χ4n) is 2.51. The summed E-state index contributed by atoms with van der Waals surface area (Å²) in [5, 5.41) is 11.9. The molecule has 4 heteroatoms. The van der Waals surface area contributed by atoms with Gasteiger partial charge in [-0.15, -0.1) is 11.3 Å².